The molecule has 1 aromatic rings. The quantitative estimate of drug-likeness (QED) is 0.622. The van der Waals surface area contributed by atoms with Gasteiger partial charge in [-0.15, -0.1) is 11.3 Å². The molecule has 1 aromatic heterocycles. The molecule has 0 unspecified atom stereocenters. The summed E-state index contributed by atoms with van der Waals surface area (Å²) in [6.07, 6.45) is 7.69. The molecule has 0 fully saturated rings. The number of nitrogens with one attached hydrogen (secondary N) is 1. The highest BCUT2D eigenvalue weighted by Crippen LogP contribution is 2.29. The lowest BCUT2D eigenvalue weighted by Crippen LogP contribution is -2.29. The second-order valence-corrected chi connectivity index (χ2v) is 6.54. The van der Waals surface area contributed by atoms with E-state index in [0.717, 1.165) is 32.1 Å². The average Bonchev–Trinajstić information content (AvgIpc) is 2.93. The molecule has 2 rings (SSSR count). The summed E-state index contributed by atoms with van der Waals surface area (Å²) in [5, 5.41) is 2.76. The summed E-state index contributed by atoms with van der Waals surface area (Å²) in [5.74, 6) is -0.598. The van der Waals surface area contributed by atoms with Crippen LogP contribution in [0.15, 0.2) is 6.07 Å². The van der Waals surface area contributed by atoms with Crippen LogP contribution >= 0.6 is 11.3 Å². The Balaban J connectivity index is 1.74. The highest BCUT2D eigenvalue weighted by molar-refractivity contribution is 7.14. The van der Waals surface area contributed by atoms with E-state index in [2.05, 4.69) is 12.2 Å². The first kappa shape index (κ1) is 16.0. The predicted octanol–water partition coefficient (Wildman–Crippen LogP) is 3.09. The molecule has 0 atom stereocenters. The average molecular weight is 309 g/mol. The molecule has 5 heteroatoms. The molecule has 116 valence electrons. The molecule has 4 nitrogen and oxygen atoms in total. The van der Waals surface area contributed by atoms with Crippen LogP contribution in [0.1, 0.15) is 59.1 Å². The van der Waals surface area contributed by atoms with Crippen molar-refractivity contribution in [1.29, 1.82) is 0 Å². The molecule has 0 aromatic carbocycles. The fourth-order valence-electron chi connectivity index (χ4n) is 2.45. The number of carbonyl (C=O) groups is 2. The predicted molar refractivity (Wildman–Crippen MR) is 83.8 cm³/mol. The highest BCUT2D eigenvalue weighted by Gasteiger charge is 2.18. The van der Waals surface area contributed by atoms with Crippen LogP contribution in [-0.4, -0.2) is 25.0 Å². The number of amides is 1. The highest BCUT2D eigenvalue weighted by atomic mass is 32.1. The number of unbranched alkanes of at least 4 members (excludes halogenated alkanes) is 2. The maximum absolute atomic E-state index is 12.0. The lowest BCUT2D eigenvalue weighted by atomic mass is 9.99. The molecule has 1 aliphatic rings. The number of esters is 1. The normalized spacial score (nSPS) is 13.6. The minimum atomic E-state index is -0.377. The second-order valence-electron chi connectivity index (χ2n) is 5.40. The van der Waals surface area contributed by atoms with Crippen LogP contribution in [0.5, 0.6) is 0 Å². The Morgan fingerprint density at radius 2 is 2.10 bits per heavy atom. The van der Waals surface area contributed by atoms with E-state index in [4.69, 9.17) is 4.74 Å². The smallest absolute Gasteiger partial charge is 0.348 e. The third-order valence-corrected chi connectivity index (χ3v) is 4.85. The molecule has 0 spiro atoms. The molecule has 1 aliphatic carbocycles. The van der Waals surface area contributed by atoms with Gasteiger partial charge in [-0.05, 0) is 43.7 Å². The van der Waals surface area contributed by atoms with Gasteiger partial charge in [0.1, 0.15) is 4.88 Å². The number of ether oxygens (including phenoxy) is 1. The molecule has 21 heavy (non-hydrogen) atoms. The number of aryl methyl sites for hydroxylation is 2. The zero-order valence-electron chi connectivity index (χ0n) is 12.6. The van der Waals surface area contributed by atoms with Crippen molar-refractivity contribution >= 4 is 23.2 Å². The van der Waals surface area contributed by atoms with Gasteiger partial charge in [-0.1, -0.05) is 19.8 Å². The van der Waals surface area contributed by atoms with Crippen LogP contribution in [0, 0.1) is 0 Å². The van der Waals surface area contributed by atoms with E-state index in [1.165, 1.54) is 34.6 Å². The lowest BCUT2D eigenvalue weighted by molar-refractivity contribution is -0.124. The van der Waals surface area contributed by atoms with E-state index < -0.39 is 0 Å². The van der Waals surface area contributed by atoms with Gasteiger partial charge in [0.2, 0.25) is 0 Å². The SMILES string of the molecule is CCCCCNC(=O)COC(=O)c1cc2c(s1)CCCC2. The van der Waals surface area contributed by atoms with Gasteiger partial charge >= 0.3 is 5.97 Å². The van der Waals surface area contributed by atoms with E-state index in [1.54, 1.807) is 0 Å². The molecule has 1 N–H and O–H groups in total. The first-order chi connectivity index (χ1) is 10.2. The summed E-state index contributed by atoms with van der Waals surface area (Å²) in [6, 6.07) is 1.93. The third kappa shape index (κ3) is 4.84. The molecular weight excluding hydrogens is 286 g/mol. The largest absolute Gasteiger partial charge is 0.451 e. The Bertz CT molecular complexity index is 472. The molecule has 1 heterocycles. The van der Waals surface area contributed by atoms with Crippen molar-refractivity contribution in [2.75, 3.05) is 13.2 Å². The van der Waals surface area contributed by atoms with Crippen LogP contribution in [0.3, 0.4) is 0 Å². The number of thiophene rings is 1. The van der Waals surface area contributed by atoms with Crippen LogP contribution < -0.4 is 5.32 Å². The molecule has 0 saturated heterocycles. The first-order valence-electron chi connectivity index (χ1n) is 7.76. The lowest BCUT2D eigenvalue weighted by Gasteiger charge is -2.08. The zero-order chi connectivity index (χ0) is 15.1. The molecular formula is C16H23NO3S. The minimum absolute atomic E-state index is 0.187. The number of fused-ring (bicyclic) bond motifs is 1. The van der Waals surface area contributed by atoms with Crippen molar-refractivity contribution in [3.8, 4) is 0 Å². The van der Waals surface area contributed by atoms with Gasteiger partial charge in [-0.3, -0.25) is 4.79 Å². The van der Waals surface area contributed by atoms with Gasteiger partial charge < -0.3 is 10.1 Å². The van der Waals surface area contributed by atoms with Gasteiger partial charge in [0.05, 0.1) is 0 Å². The Kier molecular flexibility index (Phi) is 6.23. The Hall–Kier alpha value is -1.36. The van der Waals surface area contributed by atoms with Crippen molar-refractivity contribution in [2.24, 2.45) is 0 Å². The first-order valence-corrected chi connectivity index (χ1v) is 8.57. The molecule has 0 radical (unpaired) electrons. The molecule has 0 saturated carbocycles. The monoisotopic (exact) mass is 309 g/mol. The third-order valence-electron chi connectivity index (χ3n) is 3.63. The van der Waals surface area contributed by atoms with Crippen LogP contribution in [0.2, 0.25) is 0 Å². The Morgan fingerprint density at radius 1 is 1.29 bits per heavy atom. The molecule has 1 amide bonds. The van der Waals surface area contributed by atoms with Gasteiger partial charge in [0.15, 0.2) is 6.61 Å². The van der Waals surface area contributed by atoms with E-state index in [-0.39, 0.29) is 18.5 Å². The van der Waals surface area contributed by atoms with Gasteiger partial charge in [0.25, 0.3) is 5.91 Å². The summed E-state index contributed by atoms with van der Waals surface area (Å²) < 4.78 is 5.08. The summed E-state index contributed by atoms with van der Waals surface area (Å²) in [6.45, 7) is 2.58. The van der Waals surface area contributed by atoms with E-state index in [9.17, 15) is 9.59 Å². The van der Waals surface area contributed by atoms with Crippen molar-refractivity contribution in [2.45, 2.75) is 51.9 Å². The number of carbonyl (C=O) groups excluding carboxylic acids is 2. The standard InChI is InChI=1S/C16H23NO3S/c1-2-3-6-9-17-15(18)11-20-16(19)14-10-12-7-4-5-8-13(12)21-14/h10H,2-9,11H2,1H3,(H,17,18). The van der Waals surface area contributed by atoms with Crippen molar-refractivity contribution < 1.29 is 14.3 Å². The van der Waals surface area contributed by atoms with Crippen molar-refractivity contribution in [3.63, 3.8) is 0 Å². The van der Waals surface area contributed by atoms with Crippen molar-refractivity contribution in [3.05, 3.63) is 21.4 Å². The number of rotatable bonds is 7. The van der Waals surface area contributed by atoms with E-state index in [1.807, 2.05) is 6.07 Å². The maximum Gasteiger partial charge on any atom is 0.348 e. The molecule has 0 aliphatic heterocycles. The maximum atomic E-state index is 12.0. The summed E-state index contributed by atoms with van der Waals surface area (Å²) in [5.41, 5.74) is 1.28. The van der Waals surface area contributed by atoms with Crippen LogP contribution in [-0.2, 0) is 22.4 Å². The summed E-state index contributed by atoms with van der Waals surface area (Å²) in [4.78, 5) is 25.4. The topological polar surface area (TPSA) is 55.4 Å². The molecule has 0 bridgehead atoms. The second kappa shape index (κ2) is 8.17. The fraction of sp³-hybridized carbons (Fsp3) is 0.625. The van der Waals surface area contributed by atoms with Crippen LogP contribution in [0.4, 0.5) is 0 Å². The van der Waals surface area contributed by atoms with Gasteiger partial charge in [-0.2, -0.15) is 0 Å². The summed E-state index contributed by atoms with van der Waals surface area (Å²) in [7, 11) is 0. The Morgan fingerprint density at radius 3 is 2.86 bits per heavy atom. The van der Waals surface area contributed by atoms with E-state index >= 15 is 0 Å². The van der Waals surface area contributed by atoms with Crippen molar-refractivity contribution in [1.82, 2.24) is 5.32 Å². The fourth-order valence-corrected chi connectivity index (χ4v) is 3.59. The van der Waals surface area contributed by atoms with Gasteiger partial charge in [0, 0.05) is 11.4 Å². The summed E-state index contributed by atoms with van der Waals surface area (Å²) >= 11 is 1.51. The number of hydrogen-bond donors (Lipinski definition) is 1. The Labute approximate surface area is 129 Å². The minimum Gasteiger partial charge on any atom is -0.451 e. The van der Waals surface area contributed by atoms with E-state index in [0.29, 0.717) is 11.4 Å². The zero-order valence-corrected chi connectivity index (χ0v) is 13.4. The van der Waals surface area contributed by atoms with Gasteiger partial charge in [-0.25, -0.2) is 4.79 Å². The van der Waals surface area contributed by atoms with Crippen LogP contribution in [0.25, 0.3) is 0 Å². The number of hydrogen-bond acceptors (Lipinski definition) is 4.